The van der Waals surface area contributed by atoms with Crippen LogP contribution in [0.5, 0.6) is 5.75 Å². The lowest BCUT2D eigenvalue weighted by Crippen LogP contribution is -2.28. The van der Waals surface area contributed by atoms with E-state index in [1.54, 1.807) is 18.1 Å². The van der Waals surface area contributed by atoms with Gasteiger partial charge in [0.2, 0.25) is 5.91 Å². The van der Waals surface area contributed by atoms with E-state index < -0.39 is 0 Å². The van der Waals surface area contributed by atoms with Gasteiger partial charge in [0, 0.05) is 29.8 Å². The van der Waals surface area contributed by atoms with E-state index in [0.717, 1.165) is 34.5 Å². The van der Waals surface area contributed by atoms with E-state index in [1.807, 2.05) is 51.1 Å². The molecule has 0 spiro atoms. The van der Waals surface area contributed by atoms with Crippen LogP contribution in [0, 0.1) is 6.92 Å². The highest BCUT2D eigenvalue weighted by Crippen LogP contribution is 2.30. The molecule has 0 fully saturated rings. The Morgan fingerprint density at radius 3 is 2.70 bits per heavy atom. The van der Waals surface area contributed by atoms with Crippen LogP contribution < -0.4 is 15.0 Å². The van der Waals surface area contributed by atoms with Gasteiger partial charge < -0.3 is 15.0 Å². The molecule has 0 saturated heterocycles. The van der Waals surface area contributed by atoms with Crippen molar-refractivity contribution < 1.29 is 14.3 Å². The fourth-order valence-electron chi connectivity index (χ4n) is 3.54. The molecule has 0 radical (unpaired) electrons. The Morgan fingerprint density at radius 2 is 2.00 bits per heavy atom. The summed E-state index contributed by atoms with van der Waals surface area (Å²) in [6.45, 7) is 6.51. The molecule has 5 heteroatoms. The second kappa shape index (κ2) is 7.82. The molecule has 1 atom stereocenters. The van der Waals surface area contributed by atoms with E-state index in [2.05, 4.69) is 5.32 Å². The summed E-state index contributed by atoms with van der Waals surface area (Å²) in [6, 6.07) is 11.3. The van der Waals surface area contributed by atoms with Gasteiger partial charge in [0.25, 0.3) is 5.91 Å². The van der Waals surface area contributed by atoms with Crippen molar-refractivity contribution in [3.05, 3.63) is 58.7 Å². The molecule has 5 nitrogen and oxygen atoms in total. The van der Waals surface area contributed by atoms with Gasteiger partial charge in [0.05, 0.1) is 13.2 Å². The lowest BCUT2D eigenvalue weighted by molar-refractivity contribution is -0.118. The zero-order valence-electron chi connectivity index (χ0n) is 16.3. The number of anilines is 1. The van der Waals surface area contributed by atoms with Gasteiger partial charge in [-0.3, -0.25) is 9.59 Å². The van der Waals surface area contributed by atoms with Crippen molar-refractivity contribution in [1.82, 2.24) is 5.32 Å². The van der Waals surface area contributed by atoms with Gasteiger partial charge in [-0.05, 0) is 50.1 Å². The number of carbonyl (C=O) groups is 2. The molecule has 2 aromatic rings. The minimum atomic E-state index is -0.182. The van der Waals surface area contributed by atoms with Crippen LogP contribution in [-0.2, 0) is 11.2 Å². The molecule has 1 aliphatic rings. The first kappa shape index (κ1) is 19.0. The second-order valence-electron chi connectivity index (χ2n) is 6.93. The number of carbonyl (C=O) groups excluding carboxylic acids is 2. The minimum Gasteiger partial charge on any atom is -0.496 e. The summed E-state index contributed by atoms with van der Waals surface area (Å²) in [4.78, 5) is 26.6. The van der Waals surface area contributed by atoms with E-state index in [4.69, 9.17) is 4.74 Å². The number of benzene rings is 2. The van der Waals surface area contributed by atoms with Crippen molar-refractivity contribution >= 4 is 17.5 Å². The van der Waals surface area contributed by atoms with Crippen LogP contribution in [0.25, 0.3) is 0 Å². The number of fused-ring (bicyclic) bond motifs is 1. The van der Waals surface area contributed by atoms with E-state index >= 15 is 0 Å². The molecule has 27 heavy (non-hydrogen) atoms. The number of amides is 2. The van der Waals surface area contributed by atoms with Crippen molar-refractivity contribution in [1.29, 1.82) is 0 Å². The van der Waals surface area contributed by atoms with Gasteiger partial charge in [0.1, 0.15) is 5.75 Å². The predicted octanol–water partition coefficient (Wildman–Crippen LogP) is 3.79. The monoisotopic (exact) mass is 366 g/mol. The van der Waals surface area contributed by atoms with Crippen LogP contribution in [0.15, 0.2) is 36.4 Å². The summed E-state index contributed by atoms with van der Waals surface area (Å²) in [7, 11) is 1.63. The summed E-state index contributed by atoms with van der Waals surface area (Å²) in [5, 5.41) is 3.05. The normalized spacial score (nSPS) is 13.9. The Morgan fingerprint density at radius 1 is 1.22 bits per heavy atom. The number of hydrogen-bond donors (Lipinski definition) is 1. The second-order valence-corrected chi connectivity index (χ2v) is 6.93. The zero-order chi connectivity index (χ0) is 19.6. The maximum atomic E-state index is 12.8. The van der Waals surface area contributed by atoms with Gasteiger partial charge >= 0.3 is 0 Å². The van der Waals surface area contributed by atoms with Gasteiger partial charge in [-0.25, -0.2) is 0 Å². The molecular formula is C22H26N2O3. The standard InChI is InChI=1S/C22H26N2O3/c1-5-21(25)24-11-10-16-13-17(7-8-19(16)24)22(26)23-15(3)18-12-14(2)6-9-20(18)27-4/h6-9,12-13,15H,5,10-11H2,1-4H3,(H,23,26)/t15-/m1/s1. The Balaban J connectivity index is 1.78. The van der Waals surface area contributed by atoms with Gasteiger partial charge in [-0.2, -0.15) is 0 Å². The number of methoxy groups -OCH3 is 1. The maximum Gasteiger partial charge on any atom is 0.251 e. The Kier molecular flexibility index (Phi) is 5.49. The Hall–Kier alpha value is -2.82. The van der Waals surface area contributed by atoms with Crippen LogP contribution in [0.2, 0.25) is 0 Å². The highest BCUT2D eigenvalue weighted by Gasteiger charge is 2.25. The number of aryl methyl sites for hydroxylation is 1. The minimum absolute atomic E-state index is 0.117. The molecule has 142 valence electrons. The van der Waals surface area contributed by atoms with Crippen molar-refractivity contribution in [3.63, 3.8) is 0 Å². The van der Waals surface area contributed by atoms with Crippen molar-refractivity contribution in [3.8, 4) is 5.75 Å². The summed E-state index contributed by atoms with van der Waals surface area (Å²) < 4.78 is 5.43. The fourth-order valence-corrected chi connectivity index (χ4v) is 3.54. The smallest absolute Gasteiger partial charge is 0.251 e. The molecule has 1 aliphatic heterocycles. The third kappa shape index (κ3) is 3.82. The molecule has 0 aliphatic carbocycles. The average Bonchev–Trinajstić information content (AvgIpc) is 3.10. The molecule has 0 unspecified atom stereocenters. The topological polar surface area (TPSA) is 58.6 Å². The van der Waals surface area contributed by atoms with E-state index in [1.165, 1.54) is 0 Å². The van der Waals surface area contributed by atoms with Crippen LogP contribution >= 0.6 is 0 Å². The zero-order valence-corrected chi connectivity index (χ0v) is 16.3. The maximum absolute atomic E-state index is 12.8. The first-order valence-electron chi connectivity index (χ1n) is 9.33. The number of ether oxygens (including phenoxy) is 1. The van der Waals surface area contributed by atoms with E-state index in [0.29, 0.717) is 18.5 Å². The van der Waals surface area contributed by atoms with Crippen LogP contribution in [0.4, 0.5) is 5.69 Å². The highest BCUT2D eigenvalue weighted by molar-refractivity contribution is 5.98. The third-order valence-corrected chi connectivity index (χ3v) is 5.04. The number of nitrogens with one attached hydrogen (secondary N) is 1. The molecule has 0 saturated carbocycles. The number of rotatable bonds is 5. The van der Waals surface area contributed by atoms with Gasteiger partial charge in [-0.1, -0.05) is 24.6 Å². The predicted molar refractivity (Wildman–Crippen MR) is 106 cm³/mol. The average molecular weight is 366 g/mol. The first-order valence-corrected chi connectivity index (χ1v) is 9.33. The SMILES string of the molecule is CCC(=O)N1CCc2cc(C(=O)N[C@H](C)c3cc(C)ccc3OC)ccc21. The van der Waals surface area contributed by atoms with Crippen LogP contribution in [-0.4, -0.2) is 25.5 Å². The quantitative estimate of drug-likeness (QED) is 0.876. The van der Waals surface area contributed by atoms with Gasteiger partial charge in [0.15, 0.2) is 0 Å². The summed E-state index contributed by atoms with van der Waals surface area (Å²) >= 11 is 0. The van der Waals surface area contributed by atoms with E-state index in [9.17, 15) is 9.59 Å². The van der Waals surface area contributed by atoms with Crippen LogP contribution in [0.1, 0.15) is 53.4 Å². The fraction of sp³-hybridized carbons (Fsp3) is 0.364. The first-order chi connectivity index (χ1) is 12.9. The summed E-state index contributed by atoms with van der Waals surface area (Å²) in [6.07, 6.45) is 1.26. The number of hydrogen-bond acceptors (Lipinski definition) is 3. The van der Waals surface area contributed by atoms with Crippen molar-refractivity contribution in [2.24, 2.45) is 0 Å². The van der Waals surface area contributed by atoms with Crippen molar-refractivity contribution in [2.75, 3.05) is 18.6 Å². The lowest BCUT2D eigenvalue weighted by Gasteiger charge is -2.19. The van der Waals surface area contributed by atoms with Gasteiger partial charge in [-0.15, -0.1) is 0 Å². The van der Waals surface area contributed by atoms with E-state index in [-0.39, 0.29) is 17.9 Å². The molecule has 3 rings (SSSR count). The molecule has 1 heterocycles. The number of nitrogens with zero attached hydrogens (tertiary/aromatic N) is 1. The lowest BCUT2D eigenvalue weighted by atomic mass is 10.0. The molecule has 0 bridgehead atoms. The largest absolute Gasteiger partial charge is 0.496 e. The third-order valence-electron chi connectivity index (χ3n) is 5.04. The highest BCUT2D eigenvalue weighted by atomic mass is 16.5. The molecule has 2 amide bonds. The summed E-state index contributed by atoms with van der Waals surface area (Å²) in [5.41, 5.74) is 4.65. The Bertz CT molecular complexity index is 876. The molecule has 2 aromatic carbocycles. The molecular weight excluding hydrogens is 340 g/mol. The molecule has 1 N–H and O–H groups in total. The molecule has 0 aromatic heterocycles. The summed E-state index contributed by atoms with van der Waals surface area (Å²) in [5.74, 6) is 0.747. The van der Waals surface area contributed by atoms with Crippen LogP contribution in [0.3, 0.4) is 0 Å². The van der Waals surface area contributed by atoms with Crippen molar-refractivity contribution in [2.45, 2.75) is 39.7 Å². The Labute approximate surface area is 160 Å².